The van der Waals surface area contributed by atoms with Crippen LogP contribution in [0.4, 0.5) is 10.1 Å². The van der Waals surface area contributed by atoms with Gasteiger partial charge < -0.3 is 0 Å². The van der Waals surface area contributed by atoms with Crippen molar-refractivity contribution in [2.45, 2.75) is 24.3 Å². The number of sulfonamides is 2. The van der Waals surface area contributed by atoms with Gasteiger partial charge in [0.05, 0.1) is 22.9 Å². The lowest BCUT2D eigenvalue weighted by molar-refractivity contribution is 0.362. The van der Waals surface area contributed by atoms with Crippen LogP contribution in [0, 0.1) is 12.7 Å². The number of hydrogen-bond acceptors (Lipinski definition) is 5. The van der Waals surface area contributed by atoms with Crippen LogP contribution in [0.1, 0.15) is 29.2 Å². The van der Waals surface area contributed by atoms with Gasteiger partial charge in [0.2, 0.25) is 10.0 Å². The molecule has 0 radical (unpaired) electrons. The van der Waals surface area contributed by atoms with Crippen LogP contribution in [-0.2, 0) is 20.0 Å². The summed E-state index contributed by atoms with van der Waals surface area (Å²) in [6, 6.07) is 18.1. The SMILES string of the molecule is Cc1ccccc1S(=O)(=O)N1N=C(c2cccc(NS(C)(=O)=O)c2)C[C@H]1c1ccccc1F. The van der Waals surface area contributed by atoms with Crippen molar-refractivity contribution in [3.63, 3.8) is 0 Å². The van der Waals surface area contributed by atoms with Crippen molar-refractivity contribution < 1.29 is 21.2 Å². The molecular formula is C23H22FN3O4S2. The highest BCUT2D eigenvalue weighted by Crippen LogP contribution is 2.38. The average molecular weight is 488 g/mol. The van der Waals surface area contributed by atoms with E-state index in [1.807, 2.05) is 0 Å². The summed E-state index contributed by atoms with van der Waals surface area (Å²) in [5.41, 5.74) is 2.01. The second-order valence-electron chi connectivity index (χ2n) is 7.79. The van der Waals surface area contributed by atoms with Gasteiger partial charge in [-0.3, -0.25) is 4.72 Å². The van der Waals surface area contributed by atoms with Gasteiger partial charge >= 0.3 is 0 Å². The molecule has 10 heteroatoms. The fourth-order valence-corrected chi connectivity index (χ4v) is 6.00. The minimum atomic E-state index is -4.10. The summed E-state index contributed by atoms with van der Waals surface area (Å²) in [5, 5.41) is 4.40. The molecule has 0 bridgehead atoms. The number of hydrogen-bond donors (Lipinski definition) is 1. The molecule has 172 valence electrons. The molecule has 0 spiro atoms. The highest BCUT2D eigenvalue weighted by molar-refractivity contribution is 7.92. The van der Waals surface area contributed by atoms with E-state index >= 15 is 0 Å². The summed E-state index contributed by atoms with van der Waals surface area (Å²) in [4.78, 5) is 0.0869. The zero-order valence-corrected chi connectivity index (χ0v) is 19.6. The van der Waals surface area contributed by atoms with E-state index in [2.05, 4.69) is 9.82 Å². The first-order valence-electron chi connectivity index (χ1n) is 10.1. The van der Waals surface area contributed by atoms with Gasteiger partial charge in [0.1, 0.15) is 5.82 Å². The fourth-order valence-electron chi connectivity index (χ4n) is 3.78. The second-order valence-corrected chi connectivity index (χ2v) is 11.3. The predicted molar refractivity (Wildman–Crippen MR) is 125 cm³/mol. The lowest BCUT2D eigenvalue weighted by Gasteiger charge is -2.24. The summed E-state index contributed by atoms with van der Waals surface area (Å²) >= 11 is 0. The van der Waals surface area contributed by atoms with E-state index < -0.39 is 31.9 Å². The molecule has 0 aliphatic carbocycles. The quantitative estimate of drug-likeness (QED) is 0.568. The molecule has 0 saturated heterocycles. The van der Waals surface area contributed by atoms with Gasteiger partial charge in [0.15, 0.2) is 0 Å². The van der Waals surface area contributed by atoms with Gasteiger partial charge in [-0.15, -0.1) is 0 Å². The molecular weight excluding hydrogens is 465 g/mol. The Morgan fingerprint density at radius 2 is 1.67 bits per heavy atom. The van der Waals surface area contributed by atoms with Crippen LogP contribution < -0.4 is 4.72 Å². The Morgan fingerprint density at radius 1 is 0.970 bits per heavy atom. The summed E-state index contributed by atoms with van der Waals surface area (Å²) in [6.45, 7) is 1.69. The van der Waals surface area contributed by atoms with Crippen LogP contribution in [0.3, 0.4) is 0 Å². The van der Waals surface area contributed by atoms with Crippen LogP contribution in [0.2, 0.25) is 0 Å². The maximum Gasteiger partial charge on any atom is 0.279 e. The minimum absolute atomic E-state index is 0.0869. The standard InChI is InChI=1S/C23H22FN3O4S2/c1-16-8-3-6-13-23(16)33(30,31)27-22(19-11-4-5-12-20(19)24)15-21(25-27)17-9-7-10-18(14-17)26-32(2,28)29/h3-14,22,26H,15H2,1-2H3/t22-/m0/s1. The number of halogens is 1. The molecule has 1 aliphatic heterocycles. The van der Waals surface area contributed by atoms with E-state index in [4.69, 9.17) is 0 Å². The largest absolute Gasteiger partial charge is 0.284 e. The molecule has 0 saturated carbocycles. The van der Waals surface area contributed by atoms with Crippen LogP contribution in [0.15, 0.2) is 82.8 Å². The van der Waals surface area contributed by atoms with E-state index in [0.29, 0.717) is 22.5 Å². The van der Waals surface area contributed by atoms with Crippen molar-refractivity contribution in [1.82, 2.24) is 4.41 Å². The van der Waals surface area contributed by atoms with Gasteiger partial charge in [0, 0.05) is 17.7 Å². The third kappa shape index (κ3) is 4.76. The van der Waals surface area contributed by atoms with E-state index in [1.54, 1.807) is 61.5 Å². The Morgan fingerprint density at radius 3 is 2.36 bits per heavy atom. The molecule has 1 heterocycles. The summed E-state index contributed by atoms with van der Waals surface area (Å²) in [5.74, 6) is -0.531. The highest BCUT2D eigenvalue weighted by atomic mass is 32.2. The molecule has 3 aromatic rings. The van der Waals surface area contributed by atoms with Crippen molar-refractivity contribution >= 4 is 31.4 Å². The molecule has 1 N–H and O–H groups in total. The third-order valence-corrected chi connectivity index (χ3v) is 7.70. The zero-order valence-electron chi connectivity index (χ0n) is 17.9. The molecule has 0 amide bonds. The number of nitrogens with one attached hydrogen (secondary N) is 1. The normalized spacial score (nSPS) is 16.5. The Balaban J connectivity index is 1.82. The lowest BCUT2D eigenvalue weighted by Crippen LogP contribution is -2.28. The third-order valence-electron chi connectivity index (χ3n) is 5.25. The second kappa shape index (κ2) is 8.60. The smallest absolute Gasteiger partial charge is 0.279 e. The van der Waals surface area contributed by atoms with Gasteiger partial charge in [-0.2, -0.15) is 17.9 Å². The van der Waals surface area contributed by atoms with Crippen molar-refractivity contribution in [3.05, 3.63) is 95.3 Å². The number of hydrazone groups is 1. The van der Waals surface area contributed by atoms with Gasteiger partial charge in [-0.05, 0) is 42.3 Å². The predicted octanol–water partition coefficient (Wildman–Crippen LogP) is 4.05. The molecule has 4 rings (SSSR count). The molecule has 0 unspecified atom stereocenters. The Labute approximate surface area is 192 Å². The molecule has 7 nitrogen and oxygen atoms in total. The first-order chi connectivity index (χ1) is 15.6. The van der Waals surface area contributed by atoms with E-state index in [1.165, 1.54) is 18.2 Å². The van der Waals surface area contributed by atoms with E-state index in [9.17, 15) is 21.2 Å². The maximum absolute atomic E-state index is 14.7. The van der Waals surface area contributed by atoms with E-state index in [-0.39, 0.29) is 16.9 Å². The van der Waals surface area contributed by atoms with Crippen molar-refractivity contribution in [2.75, 3.05) is 11.0 Å². The first-order valence-corrected chi connectivity index (χ1v) is 13.4. The van der Waals surface area contributed by atoms with Crippen molar-refractivity contribution in [1.29, 1.82) is 0 Å². The average Bonchev–Trinajstić information content (AvgIpc) is 3.19. The first kappa shape index (κ1) is 22.9. The van der Waals surface area contributed by atoms with Crippen LogP contribution >= 0.6 is 0 Å². The topological polar surface area (TPSA) is 95.9 Å². The number of rotatable bonds is 6. The zero-order chi connectivity index (χ0) is 23.8. The van der Waals surface area contributed by atoms with E-state index in [0.717, 1.165) is 10.7 Å². The van der Waals surface area contributed by atoms with Gasteiger partial charge in [-0.25, -0.2) is 12.8 Å². The molecule has 1 atom stereocenters. The van der Waals surface area contributed by atoms with Crippen LogP contribution in [-0.4, -0.2) is 33.2 Å². The summed E-state index contributed by atoms with van der Waals surface area (Å²) in [6.07, 6.45) is 1.16. The number of benzene rings is 3. The number of anilines is 1. The van der Waals surface area contributed by atoms with Crippen LogP contribution in [0.5, 0.6) is 0 Å². The van der Waals surface area contributed by atoms with Crippen molar-refractivity contribution in [3.8, 4) is 0 Å². The number of nitrogens with zero attached hydrogens (tertiary/aromatic N) is 2. The lowest BCUT2D eigenvalue weighted by atomic mass is 9.98. The molecule has 3 aromatic carbocycles. The Hall–Kier alpha value is -3.24. The molecule has 1 aliphatic rings. The minimum Gasteiger partial charge on any atom is -0.284 e. The van der Waals surface area contributed by atoms with Gasteiger partial charge in [-0.1, -0.05) is 48.5 Å². The molecule has 33 heavy (non-hydrogen) atoms. The highest BCUT2D eigenvalue weighted by Gasteiger charge is 2.39. The monoisotopic (exact) mass is 487 g/mol. The van der Waals surface area contributed by atoms with Gasteiger partial charge in [0.25, 0.3) is 10.0 Å². The molecule has 0 fully saturated rings. The maximum atomic E-state index is 14.7. The Bertz CT molecular complexity index is 1450. The number of aryl methyl sites for hydroxylation is 1. The Kier molecular flexibility index (Phi) is 5.98. The molecule has 0 aromatic heterocycles. The fraction of sp³-hybridized carbons (Fsp3) is 0.174. The van der Waals surface area contributed by atoms with Crippen molar-refractivity contribution in [2.24, 2.45) is 5.10 Å². The summed E-state index contributed by atoms with van der Waals surface area (Å²) < 4.78 is 68.5. The summed E-state index contributed by atoms with van der Waals surface area (Å²) in [7, 11) is -7.59. The van der Waals surface area contributed by atoms with Crippen LogP contribution in [0.25, 0.3) is 0 Å².